The fraction of sp³-hybridized carbons (Fsp3) is 0.933. The van der Waals surface area contributed by atoms with Crippen LogP contribution in [0.15, 0.2) is 0 Å². The van der Waals surface area contributed by atoms with Gasteiger partial charge in [-0.05, 0) is 54.8 Å². The molecule has 1 N–H and O–H groups in total. The molecule has 0 radical (unpaired) electrons. The predicted molar refractivity (Wildman–Crippen MR) is 75.1 cm³/mol. The van der Waals surface area contributed by atoms with Gasteiger partial charge in [0.25, 0.3) is 0 Å². The smallest absolute Gasteiger partial charge is 0.460 e. The molecule has 0 saturated heterocycles. The number of halogens is 2. The van der Waals surface area contributed by atoms with Crippen molar-refractivity contribution in [2.24, 2.45) is 28.1 Å². The van der Waals surface area contributed by atoms with Gasteiger partial charge in [0.2, 0.25) is 0 Å². The molecule has 4 fully saturated rings. The van der Waals surface area contributed by atoms with Crippen LogP contribution in [-0.2, 0) is 19.6 Å². The Labute approximate surface area is 133 Å². The molecule has 4 aliphatic carbocycles. The number of carbonyl (C=O) groups excluding carboxylic acids is 1. The normalized spacial score (nSPS) is 46.8. The van der Waals surface area contributed by atoms with Crippen LogP contribution < -0.4 is 0 Å². The lowest BCUT2D eigenvalue weighted by molar-refractivity contribution is -0.166. The minimum atomic E-state index is -5.80. The summed E-state index contributed by atoms with van der Waals surface area (Å²) in [5.74, 6) is -1.02. The first-order valence-corrected chi connectivity index (χ1v) is 9.48. The molecule has 130 valence electrons. The Morgan fingerprint density at radius 3 is 2.65 bits per heavy atom. The first-order valence-electron chi connectivity index (χ1n) is 8.04. The number of alkyl halides is 2. The first kappa shape index (κ1) is 15.7. The molecule has 5 unspecified atom stereocenters. The molecule has 8 heteroatoms. The summed E-state index contributed by atoms with van der Waals surface area (Å²) in [4.78, 5) is 11.4. The Kier molecular flexibility index (Phi) is 2.79. The molecule has 0 aromatic carbocycles. The van der Waals surface area contributed by atoms with Crippen molar-refractivity contribution < 1.29 is 31.3 Å². The van der Waals surface area contributed by atoms with Crippen LogP contribution in [0.3, 0.4) is 0 Å². The van der Waals surface area contributed by atoms with E-state index in [9.17, 15) is 22.0 Å². The number of rotatable bonds is 5. The lowest BCUT2D eigenvalue weighted by Gasteiger charge is -2.55. The molecule has 0 heterocycles. The average molecular weight is 350 g/mol. The molecule has 4 aliphatic rings. The van der Waals surface area contributed by atoms with Crippen LogP contribution in [0.2, 0.25) is 0 Å². The zero-order chi connectivity index (χ0) is 16.9. The van der Waals surface area contributed by atoms with E-state index in [-0.39, 0.29) is 17.4 Å². The van der Waals surface area contributed by atoms with Crippen molar-refractivity contribution in [3.8, 4) is 0 Å². The minimum Gasteiger partial charge on any atom is -0.460 e. The SMILES string of the molecule is CCC12CC3CC1C1(C2)CC1(COC(=O)C(F)(F)S(=O)(=O)O)C3. The number of hydrogen-bond donors (Lipinski definition) is 1. The second-order valence-electron chi connectivity index (χ2n) is 8.14. The Balaban J connectivity index is 1.48. The third-order valence-corrected chi connectivity index (χ3v) is 8.16. The highest BCUT2D eigenvalue weighted by Crippen LogP contribution is 2.91. The fourth-order valence-corrected chi connectivity index (χ4v) is 6.73. The van der Waals surface area contributed by atoms with E-state index in [2.05, 4.69) is 11.7 Å². The van der Waals surface area contributed by atoms with Crippen molar-refractivity contribution in [3.05, 3.63) is 0 Å². The quantitative estimate of drug-likeness (QED) is 0.609. The lowest BCUT2D eigenvalue weighted by Crippen LogP contribution is -2.49. The topological polar surface area (TPSA) is 80.7 Å². The number of hydrogen-bond acceptors (Lipinski definition) is 4. The van der Waals surface area contributed by atoms with Gasteiger partial charge < -0.3 is 4.74 Å². The van der Waals surface area contributed by atoms with Crippen molar-refractivity contribution in [2.45, 2.75) is 50.7 Å². The summed E-state index contributed by atoms with van der Waals surface area (Å²) in [6.07, 6.45) is 6.32. The summed E-state index contributed by atoms with van der Waals surface area (Å²) >= 11 is 0. The number of fused-ring (bicyclic) bond motifs is 1. The highest BCUT2D eigenvalue weighted by molar-refractivity contribution is 7.87. The van der Waals surface area contributed by atoms with Gasteiger partial charge in [-0.2, -0.15) is 17.2 Å². The van der Waals surface area contributed by atoms with E-state index in [1.165, 1.54) is 12.8 Å². The second-order valence-corrected chi connectivity index (χ2v) is 9.60. The maximum absolute atomic E-state index is 13.3. The van der Waals surface area contributed by atoms with Crippen molar-refractivity contribution in [1.29, 1.82) is 0 Å². The molecule has 5 atom stereocenters. The second kappa shape index (κ2) is 4.07. The van der Waals surface area contributed by atoms with E-state index in [1.807, 2.05) is 0 Å². The van der Waals surface area contributed by atoms with Crippen LogP contribution in [-0.4, -0.2) is 30.8 Å². The average Bonchev–Trinajstić information content (AvgIpc) is 3.04. The molecule has 4 saturated carbocycles. The van der Waals surface area contributed by atoms with Gasteiger partial charge in [-0.25, -0.2) is 4.79 Å². The van der Waals surface area contributed by atoms with Gasteiger partial charge in [0.15, 0.2) is 0 Å². The summed E-state index contributed by atoms with van der Waals surface area (Å²) in [7, 11) is -5.80. The van der Waals surface area contributed by atoms with E-state index in [0.29, 0.717) is 17.3 Å². The zero-order valence-corrected chi connectivity index (χ0v) is 13.7. The molecule has 2 bridgehead atoms. The van der Waals surface area contributed by atoms with E-state index in [4.69, 9.17) is 4.55 Å². The molecule has 4 rings (SSSR count). The van der Waals surface area contributed by atoms with Crippen LogP contribution in [0.4, 0.5) is 8.78 Å². The van der Waals surface area contributed by atoms with Gasteiger partial charge >= 0.3 is 21.3 Å². The predicted octanol–water partition coefficient (Wildman–Crippen LogP) is 2.62. The van der Waals surface area contributed by atoms with E-state index < -0.39 is 21.3 Å². The highest BCUT2D eigenvalue weighted by atomic mass is 32.2. The Morgan fingerprint density at radius 1 is 1.35 bits per heavy atom. The summed E-state index contributed by atoms with van der Waals surface area (Å²) in [5, 5.41) is -4.90. The molecule has 23 heavy (non-hydrogen) atoms. The van der Waals surface area contributed by atoms with Crippen LogP contribution in [0.1, 0.15) is 45.4 Å². The molecular weight excluding hydrogens is 330 g/mol. The Morgan fingerprint density at radius 2 is 2.04 bits per heavy atom. The molecule has 0 aromatic rings. The van der Waals surface area contributed by atoms with Gasteiger partial charge in [-0.3, -0.25) is 4.55 Å². The van der Waals surface area contributed by atoms with Crippen molar-refractivity contribution in [3.63, 3.8) is 0 Å². The number of carbonyl (C=O) groups is 1. The summed E-state index contributed by atoms with van der Waals surface area (Å²) in [6, 6.07) is 0. The Bertz CT molecular complexity index is 692. The van der Waals surface area contributed by atoms with Gasteiger partial charge in [0, 0.05) is 5.41 Å². The fourth-order valence-electron chi connectivity index (χ4n) is 6.46. The van der Waals surface area contributed by atoms with Crippen molar-refractivity contribution >= 4 is 16.1 Å². The Hall–Kier alpha value is -0.760. The lowest BCUT2D eigenvalue weighted by atomic mass is 9.49. The summed E-state index contributed by atoms with van der Waals surface area (Å²) in [6.45, 7) is 2.04. The van der Waals surface area contributed by atoms with Gasteiger partial charge in [0.1, 0.15) is 0 Å². The van der Waals surface area contributed by atoms with Gasteiger partial charge in [0.05, 0.1) is 6.61 Å². The largest absolute Gasteiger partial charge is 0.465 e. The van der Waals surface area contributed by atoms with Crippen molar-refractivity contribution in [1.82, 2.24) is 0 Å². The van der Waals surface area contributed by atoms with Crippen molar-refractivity contribution in [2.75, 3.05) is 6.61 Å². The molecule has 0 amide bonds. The van der Waals surface area contributed by atoms with Gasteiger partial charge in [-0.15, -0.1) is 0 Å². The van der Waals surface area contributed by atoms with Crippen LogP contribution >= 0.6 is 0 Å². The van der Waals surface area contributed by atoms with Gasteiger partial charge in [-0.1, -0.05) is 13.3 Å². The van der Waals surface area contributed by atoms with E-state index in [0.717, 1.165) is 25.7 Å². The molecular formula is C15H20F2O5S. The monoisotopic (exact) mass is 350 g/mol. The highest BCUT2D eigenvalue weighted by Gasteiger charge is 2.85. The van der Waals surface area contributed by atoms with Crippen LogP contribution in [0, 0.1) is 28.1 Å². The maximum Gasteiger partial charge on any atom is 0.465 e. The molecule has 5 nitrogen and oxygen atoms in total. The molecule has 1 spiro atoms. The standard InChI is InChI=1S/C15H20F2O5S/c1-2-12-4-9-3-10(12)14(6-12)7-13(14,5-9)8-22-11(18)15(16,17)23(19,20)21/h9-10H,2-8H2,1H3,(H,19,20,21). The minimum absolute atomic E-state index is 0.115. The number of esters is 1. The third kappa shape index (κ3) is 1.69. The van der Waals surface area contributed by atoms with Crippen LogP contribution in [0.5, 0.6) is 0 Å². The zero-order valence-electron chi connectivity index (χ0n) is 12.8. The van der Waals surface area contributed by atoms with E-state index >= 15 is 0 Å². The summed E-state index contributed by atoms with van der Waals surface area (Å²) < 4.78 is 60.9. The van der Waals surface area contributed by atoms with E-state index in [1.54, 1.807) is 0 Å². The van der Waals surface area contributed by atoms with Crippen LogP contribution in [0.25, 0.3) is 0 Å². The molecule has 0 aromatic heterocycles. The molecule has 0 aliphatic heterocycles. The first-order chi connectivity index (χ1) is 10.5. The third-order valence-electron chi connectivity index (χ3n) is 7.35. The maximum atomic E-state index is 13.3. The number of ether oxygens (including phenoxy) is 1. The summed E-state index contributed by atoms with van der Waals surface area (Å²) in [5.41, 5.74) is 0.260.